The molecule has 1 aliphatic carbocycles. The van der Waals surface area contributed by atoms with Crippen LogP contribution in [0, 0.1) is 11.8 Å². The molecule has 2 aliphatic rings. The average molecular weight is 238 g/mol. The minimum Gasteiger partial charge on any atom is -0.340 e. The Bertz CT molecular complexity index is 267. The van der Waals surface area contributed by atoms with Crippen molar-refractivity contribution < 1.29 is 4.79 Å². The molecule has 1 saturated carbocycles. The molecule has 0 aromatic rings. The van der Waals surface area contributed by atoms with E-state index >= 15 is 0 Å². The summed E-state index contributed by atoms with van der Waals surface area (Å²) >= 11 is 0. The molecular weight excluding hydrogens is 212 g/mol. The molecule has 17 heavy (non-hydrogen) atoms. The van der Waals surface area contributed by atoms with E-state index in [0.717, 1.165) is 19.4 Å². The number of carbonyl (C=O) groups is 1. The number of hydrogen-bond acceptors (Lipinski definition) is 2. The lowest BCUT2D eigenvalue weighted by Gasteiger charge is -2.31. The van der Waals surface area contributed by atoms with Gasteiger partial charge in [0.2, 0.25) is 5.91 Å². The molecule has 1 saturated heterocycles. The molecule has 0 aromatic carbocycles. The molecule has 0 bridgehead atoms. The Kier molecular flexibility index (Phi) is 4.43. The highest BCUT2D eigenvalue weighted by Gasteiger charge is 2.36. The zero-order valence-corrected chi connectivity index (χ0v) is 11.0. The van der Waals surface area contributed by atoms with E-state index in [4.69, 9.17) is 5.73 Å². The average Bonchev–Trinajstić information content (AvgIpc) is 2.71. The van der Waals surface area contributed by atoms with Crippen molar-refractivity contribution in [2.45, 2.75) is 57.9 Å². The van der Waals surface area contributed by atoms with Crippen LogP contribution in [0.3, 0.4) is 0 Å². The first-order chi connectivity index (χ1) is 8.24. The van der Waals surface area contributed by atoms with E-state index in [1.807, 2.05) is 0 Å². The SMILES string of the molecule is CC1CCCCCN1C(=O)C1CCCC1CN. The van der Waals surface area contributed by atoms with Crippen LogP contribution in [0.5, 0.6) is 0 Å². The lowest BCUT2D eigenvalue weighted by Crippen LogP contribution is -2.43. The van der Waals surface area contributed by atoms with Crippen molar-refractivity contribution in [1.29, 1.82) is 0 Å². The third kappa shape index (κ3) is 2.82. The van der Waals surface area contributed by atoms with Crippen LogP contribution in [0.2, 0.25) is 0 Å². The summed E-state index contributed by atoms with van der Waals surface area (Å²) in [6.45, 7) is 3.85. The Morgan fingerprint density at radius 3 is 2.76 bits per heavy atom. The van der Waals surface area contributed by atoms with Gasteiger partial charge in [0.25, 0.3) is 0 Å². The summed E-state index contributed by atoms with van der Waals surface area (Å²) in [6.07, 6.45) is 8.29. The monoisotopic (exact) mass is 238 g/mol. The fourth-order valence-corrected chi connectivity index (χ4v) is 3.46. The first-order valence-corrected chi connectivity index (χ1v) is 7.24. The van der Waals surface area contributed by atoms with Crippen molar-refractivity contribution in [2.75, 3.05) is 13.1 Å². The maximum absolute atomic E-state index is 12.6. The Morgan fingerprint density at radius 1 is 1.18 bits per heavy atom. The van der Waals surface area contributed by atoms with Gasteiger partial charge >= 0.3 is 0 Å². The van der Waals surface area contributed by atoms with E-state index in [2.05, 4.69) is 11.8 Å². The van der Waals surface area contributed by atoms with Gasteiger partial charge in [-0.1, -0.05) is 19.3 Å². The van der Waals surface area contributed by atoms with Crippen molar-refractivity contribution in [3.05, 3.63) is 0 Å². The molecule has 2 N–H and O–H groups in total. The molecule has 1 heterocycles. The van der Waals surface area contributed by atoms with Crippen LogP contribution in [0.15, 0.2) is 0 Å². The third-order valence-corrected chi connectivity index (χ3v) is 4.62. The molecule has 1 aliphatic heterocycles. The summed E-state index contributed by atoms with van der Waals surface area (Å²) in [5.41, 5.74) is 5.79. The van der Waals surface area contributed by atoms with Crippen LogP contribution in [0.25, 0.3) is 0 Å². The molecule has 1 amide bonds. The summed E-state index contributed by atoms with van der Waals surface area (Å²) in [5.74, 6) is 1.06. The summed E-state index contributed by atoms with van der Waals surface area (Å²) in [4.78, 5) is 14.7. The molecule has 3 unspecified atom stereocenters. The highest BCUT2D eigenvalue weighted by atomic mass is 16.2. The molecule has 3 heteroatoms. The molecule has 3 atom stereocenters. The van der Waals surface area contributed by atoms with Gasteiger partial charge in [0.1, 0.15) is 0 Å². The van der Waals surface area contributed by atoms with Crippen LogP contribution in [-0.4, -0.2) is 29.9 Å². The lowest BCUT2D eigenvalue weighted by molar-refractivity contribution is -0.138. The maximum Gasteiger partial charge on any atom is 0.226 e. The van der Waals surface area contributed by atoms with Crippen LogP contribution in [0.4, 0.5) is 0 Å². The van der Waals surface area contributed by atoms with Crippen LogP contribution in [0.1, 0.15) is 51.9 Å². The van der Waals surface area contributed by atoms with E-state index in [1.54, 1.807) is 0 Å². The summed E-state index contributed by atoms with van der Waals surface area (Å²) in [6, 6.07) is 0.434. The Labute approximate surface area is 105 Å². The van der Waals surface area contributed by atoms with Gasteiger partial charge in [-0.3, -0.25) is 4.79 Å². The van der Waals surface area contributed by atoms with Gasteiger partial charge in [-0.25, -0.2) is 0 Å². The van der Waals surface area contributed by atoms with E-state index in [0.29, 0.717) is 24.4 Å². The number of rotatable bonds is 2. The van der Waals surface area contributed by atoms with Crippen molar-refractivity contribution in [2.24, 2.45) is 17.6 Å². The second kappa shape index (κ2) is 5.85. The maximum atomic E-state index is 12.6. The zero-order chi connectivity index (χ0) is 12.3. The molecule has 0 radical (unpaired) electrons. The summed E-state index contributed by atoms with van der Waals surface area (Å²) < 4.78 is 0. The van der Waals surface area contributed by atoms with Gasteiger partial charge in [-0.2, -0.15) is 0 Å². The van der Waals surface area contributed by atoms with Crippen LogP contribution >= 0.6 is 0 Å². The minimum atomic E-state index is 0.223. The van der Waals surface area contributed by atoms with Crippen molar-refractivity contribution in [3.63, 3.8) is 0 Å². The van der Waals surface area contributed by atoms with Gasteiger partial charge < -0.3 is 10.6 Å². The standard InChI is InChI=1S/C14H26N2O/c1-11-6-3-2-4-9-16(11)14(17)13-8-5-7-12(13)10-15/h11-13H,2-10,15H2,1H3. The largest absolute Gasteiger partial charge is 0.340 e. The highest BCUT2D eigenvalue weighted by Crippen LogP contribution is 2.33. The molecule has 98 valence electrons. The predicted octanol–water partition coefficient (Wildman–Crippen LogP) is 2.15. The van der Waals surface area contributed by atoms with Gasteiger partial charge in [-0.15, -0.1) is 0 Å². The van der Waals surface area contributed by atoms with E-state index < -0.39 is 0 Å². The normalized spacial score (nSPS) is 34.7. The molecule has 0 spiro atoms. The Morgan fingerprint density at radius 2 is 2.00 bits per heavy atom. The first kappa shape index (κ1) is 12.9. The highest BCUT2D eigenvalue weighted by molar-refractivity contribution is 5.79. The van der Waals surface area contributed by atoms with Gasteiger partial charge in [0.05, 0.1) is 0 Å². The molecule has 2 rings (SSSR count). The number of amides is 1. The summed E-state index contributed by atoms with van der Waals surface area (Å²) in [5, 5.41) is 0. The quantitative estimate of drug-likeness (QED) is 0.801. The molecular formula is C14H26N2O. The Balaban J connectivity index is 2.02. The smallest absolute Gasteiger partial charge is 0.226 e. The van der Waals surface area contributed by atoms with Gasteiger partial charge in [0.15, 0.2) is 0 Å². The number of hydrogen-bond donors (Lipinski definition) is 1. The second-order valence-corrected chi connectivity index (χ2v) is 5.76. The first-order valence-electron chi connectivity index (χ1n) is 7.24. The van der Waals surface area contributed by atoms with Crippen LogP contribution in [-0.2, 0) is 4.79 Å². The van der Waals surface area contributed by atoms with E-state index in [9.17, 15) is 4.79 Å². The zero-order valence-electron chi connectivity index (χ0n) is 11.0. The molecule has 3 nitrogen and oxygen atoms in total. The minimum absolute atomic E-state index is 0.223. The number of likely N-dealkylation sites (tertiary alicyclic amines) is 1. The van der Waals surface area contributed by atoms with Gasteiger partial charge in [0, 0.05) is 18.5 Å². The summed E-state index contributed by atoms with van der Waals surface area (Å²) in [7, 11) is 0. The van der Waals surface area contributed by atoms with E-state index in [1.165, 1.54) is 32.1 Å². The van der Waals surface area contributed by atoms with Gasteiger partial charge in [-0.05, 0) is 45.1 Å². The third-order valence-electron chi connectivity index (χ3n) is 4.62. The number of nitrogens with two attached hydrogens (primary N) is 1. The number of nitrogens with zero attached hydrogens (tertiary/aromatic N) is 1. The fourth-order valence-electron chi connectivity index (χ4n) is 3.46. The second-order valence-electron chi connectivity index (χ2n) is 5.76. The molecule has 0 aromatic heterocycles. The molecule has 2 fully saturated rings. The number of carbonyl (C=O) groups excluding carboxylic acids is 1. The lowest BCUT2D eigenvalue weighted by atomic mass is 9.94. The predicted molar refractivity (Wildman–Crippen MR) is 69.5 cm³/mol. The van der Waals surface area contributed by atoms with Crippen molar-refractivity contribution in [3.8, 4) is 0 Å². The fraction of sp³-hybridized carbons (Fsp3) is 0.929. The van der Waals surface area contributed by atoms with Crippen molar-refractivity contribution in [1.82, 2.24) is 4.90 Å². The Hall–Kier alpha value is -0.570. The topological polar surface area (TPSA) is 46.3 Å². The van der Waals surface area contributed by atoms with Crippen molar-refractivity contribution >= 4 is 5.91 Å². The van der Waals surface area contributed by atoms with E-state index in [-0.39, 0.29) is 5.92 Å². The van der Waals surface area contributed by atoms with Crippen LogP contribution < -0.4 is 5.73 Å².